The smallest absolute Gasteiger partial charge is 0.319 e. The van der Waals surface area contributed by atoms with Crippen LogP contribution in [0.15, 0.2) is 0 Å². The Morgan fingerprint density at radius 2 is 1.89 bits per heavy atom. The first-order valence-electron chi connectivity index (χ1n) is 7.24. The molecule has 0 N–H and O–H groups in total. The molecule has 2 unspecified atom stereocenters. The summed E-state index contributed by atoms with van der Waals surface area (Å²) in [4.78, 5) is 12.0. The van der Waals surface area contributed by atoms with Gasteiger partial charge in [-0.1, -0.05) is 13.3 Å². The van der Waals surface area contributed by atoms with Gasteiger partial charge in [0.05, 0.1) is 6.17 Å². The Labute approximate surface area is 121 Å². The molecule has 0 radical (unpaired) electrons. The summed E-state index contributed by atoms with van der Waals surface area (Å²) in [5, 5.41) is -0.0768. The molecule has 114 valence electrons. The molecule has 0 aromatic rings. The summed E-state index contributed by atoms with van der Waals surface area (Å²) in [7, 11) is 0. The lowest BCUT2D eigenvalue weighted by molar-refractivity contribution is -0.154. The van der Waals surface area contributed by atoms with Crippen LogP contribution in [0.5, 0.6) is 0 Å². The first kappa shape index (κ1) is 18.8. The number of carbonyl (C=O) groups excluding carboxylic acids is 1. The summed E-state index contributed by atoms with van der Waals surface area (Å²) in [5.41, 5.74) is -0.423. The minimum absolute atomic E-state index is 0.0768. The molecule has 0 bridgehead atoms. The van der Waals surface area contributed by atoms with E-state index < -0.39 is 11.8 Å². The lowest BCUT2D eigenvalue weighted by Gasteiger charge is -2.23. The van der Waals surface area contributed by atoms with Crippen LogP contribution in [0.25, 0.3) is 0 Å². The van der Waals surface area contributed by atoms with Gasteiger partial charge in [-0.25, -0.2) is 4.39 Å². The van der Waals surface area contributed by atoms with E-state index >= 15 is 0 Å². The molecule has 0 amide bonds. The van der Waals surface area contributed by atoms with Gasteiger partial charge >= 0.3 is 5.97 Å². The SMILES string of the molecule is CCCC(SCCCCC(C)F)C(=O)OC(C)(C)C. The molecule has 0 aromatic carbocycles. The highest BCUT2D eigenvalue weighted by Crippen LogP contribution is 2.22. The van der Waals surface area contributed by atoms with Crippen molar-refractivity contribution in [1.82, 2.24) is 0 Å². The molecule has 0 fully saturated rings. The van der Waals surface area contributed by atoms with Gasteiger partial charge in [0.2, 0.25) is 0 Å². The minimum atomic E-state index is -0.720. The average Bonchev–Trinajstić information content (AvgIpc) is 2.24. The Kier molecular flexibility index (Phi) is 9.50. The second-order valence-electron chi connectivity index (χ2n) is 5.96. The second-order valence-corrected chi connectivity index (χ2v) is 7.27. The number of thioether (sulfide) groups is 1. The van der Waals surface area contributed by atoms with Gasteiger partial charge < -0.3 is 4.74 Å². The fourth-order valence-electron chi connectivity index (χ4n) is 1.65. The van der Waals surface area contributed by atoms with Crippen molar-refractivity contribution in [1.29, 1.82) is 0 Å². The van der Waals surface area contributed by atoms with Crippen LogP contribution in [0.1, 0.15) is 66.7 Å². The number of hydrogen-bond donors (Lipinski definition) is 0. The zero-order valence-electron chi connectivity index (χ0n) is 13.0. The van der Waals surface area contributed by atoms with Gasteiger partial charge in [-0.05, 0) is 59.1 Å². The number of unbranched alkanes of at least 4 members (excludes halogenated alkanes) is 1. The highest BCUT2D eigenvalue weighted by Gasteiger charge is 2.24. The Hall–Kier alpha value is -0.250. The molecule has 0 aliphatic rings. The van der Waals surface area contributed by atoms with Gasteiger partial charge in [0.15, 0.2) is 0 Å². The lowest BCUT2D eigenvalue weighted by atomic mass is 10.2. The summed E-state index contributed by atoms with van der Waals surface area (Å²) in [6, 6.07) is 0. The molecular weight excluding hydrogens is 263 g/mol. The summed E-state index contributed by atoms with van der Waals surface area (Å²) in [6.45, 7) is 9.33. The van der Waals surface area contributed by atoms with Gasteiger partial charge in [0, 0.05) is 0 Å². The van der Waals surface area contributed by atoms with Crippen molar-refractivity contribution in [2.24, 2.45) is 0 Å². The summed E-state index contributed by atoms with van der Waals surface area (Å²) < 4.78 is 18.1. The quantitative estimate of drug-likeness (QED) is 0.453. The third-order valence-corrected chi connectivity index (χ3v) is 3.89. The van der Waals surface area contributed by atoms with E-state index in [9.17, 15) is 9.18 Å². The second kappa shape index (κ2) is 9.62. The number of carbonyl (C=O) groups is 1. The van der Waals surface area contributed by atoms with E-state index in [1.165, 1.54) is 0 Å². The van der Waals surface area contributed by atoms with Gasteiger partial charge in [-0.3, -0.25) is 4.79 Å². The molecule has 2 atom stereocenters. The first-order valence-corrected chi connectivity index (χ1v) is 8.29. The van der Waals surface area contributed by atoms with Crippen molar-refractivity contribution in [2.45, 2.75) is 83.7 Å². The summed E-state index contributed by atoms with van der Waals surface area (Å²) in [6.07, 6.45) is 3.56. The topological polar surface area (TPSA) is 26.3 Å². The van der Waals surface area contributed by atoms with Crippen molar-refractivity contribution in [3.05, 3.63) is 0 Å². The van der Waals surface area contributed by atoms with Crippen LogP contribution < -0.4 is 0 Å². The molecule has 0 aliphatic heterocycles. The molecule has 0 heterocycles. The average molecular weight is 292 g/mol. The van der Waals surface area contributed by atoms with Gasteiger partial charge in [-0.2, -0.15) is 0 Å². The molecule has 19 heavy (non-hydrogen) atoms. The predicted octanol–water partition coefficient (Wildman–Crippen LogP) is 4.76. The van der Waals surface area contributed by atoms with E-state index in [4.69, 9.17) is 4.74 Å². The first-order chi connectivity index (χ1) is 8.76. The summed E-state index contributed by atoms with van der Waals surface area (Å²) >= 11 is 1.65. The Balaban J connectivity index is 4.01. The maximum atomic E-state index is 12.6. The van der Waals surface area contributed by atoms with E-state index in [-0.39, 0.29) is 11.2 Å². The molecule has 0 rings (SSSR count). The van der Waals surface area contributed by atoms with Crippen LogP contribution in [0.2, 0.25) is 0 Å². The molecule has 2 nitrogen and oxygen atoms in total. The largest absolute Gasteiger partial charge is 0.459 e. The Morgan fingerprint density at radius 1 is 1.26 bits per heavy atom. The van der Waals surface area contributed by atoms with Crippen LogP contribution >= 0.6 is 11.8 Å². The Bertz CT molecular complexity index is 249. The normalized spacial score (nSPS) is 15.1. The standard InChI is InChI=1S/C15H29FO2S/c1-6-9-13(14(17)18-15(3,4)5)19-11-8-7-10-12(2)16/h12-13H,6-11H2,1-5H3. The molecule has 0 saturated carbocycles. The van der Waals surface area contributed by atoms with Gasteiger partial charge in [-0.15, -0.1) is 11.8 Å². The van der Waals surface area contributed by atoms with E-state index in [0.717, 1.165) is 31.4 Å². The van der Waals surface area contributed by atoms with E-state index in [0.29, 0.717) is 6.42 Å². The van der Waals surface area contributed by atoms with Crippen molar-refractivity contribution in [3.8, 4) is 0 Å². The van der Waals surface area contributed by atoms with Crippen LogP contribution in [-0.2, 0) is 9.53 Å². The van der Waals surface area contributed by atoms with Crippen molar-refractivity contribution in [3.63, 3.8) is 0 Å². The highest BCUT2D eigenvalue weighted by molar-refractivity contribution is 8.00. The van der Waals surface area contributed by atoms with Crippen LogP contribution in [0.3, 0.4) is 0 Å². The van der Waals surface area contributed by atoms with Gasteiger partial charge in [0.25, 0.3) is 0 Å². The third-order valence-electron chi connectivity index (χ3n) is 2.54. The van der Waals surface area contributed by atoms with Crippen molar-refractivity contribution in [2.75, 3.05) is 5.75 Å². The summed E-state index contributed by atoms with van der Waals surface area (Å²) in [5.74, 6) is 0.787. The third kappa shape index (κ3) is 11.3. The maximum Gasteiger partial charge on any atom is 0.319 e. The van der Waals surface area contributed by atoms with E-state index in [1.54, 1.807) is 18.7 Å². The number of ether oxygens (including phenoxy) is 1. The van der Waals surface area contributed by atoms with Crippen LogP contribution in [0, 0.1) is 0 Å². The molecular formula is C15H29FO2S. The van der Waals surface area contributed by atoms with Gasteiger partial charge in [0.1, 0.15) is 10.9 Å². The Morgan fingerprint density at radius 3 is 2.37 bits per heavy atom. The molecule has 0 aromatic heterocycles. The molecule has 0 aliphatic carbocycles. The number of esters is 1. The van der Waals surface area contributed by atoms with E-state index in [1.807, 2.05) is 20.8 Å². The molecule has 4 heteroatoms. The fourth-order valence-corrected chi connectivity index (χ4v) is 2.89. The fraction of sp³-hybridized carbons (Fsp3) is 0.933. The lowest BCUT2D eigenvalue weighted by Crippen LogP contribution is -2.30. The number of alkyl halides is 1. The molecule has 0 saturated heterocycles. The number of rotatable bonds is 9. The number of hydrogen-bond acceptors (Lipinski definition) is 3. The maximum absolute atomic E-state index is 12.6. The van der Waals surface area contributed by atoms with E-state index in [2.05, 4.69) is 6.92 Å². The van der Waals surface area contributed by atoms with Crippen LogP contribution in [-0.4, -0.2) is 28.7 Å². The minimum Gasteiger partial charge on any atom is -0.459 e. The number of halogens is 1. The van der Waals surface area contributed by atoms with Crippen molar-refractivity contribution < 1.29 is 13.9 Å². The zero-order chi connectivity index (χ0) is 14.9. The molecule has 0 spiro atoms. The monoisotopic (exact) mass is 292 g/mol. The predicted molar refractivity (Wildman–Crippen MR) is 81.4 cm³/mol. The highest BCUT2D eigenvalue weighted by atomic mass is 32.2. The zero-order valence-corrected chi connectivity index (χ0v) is 13.8. The van der Waals surface area contributed by atoms with Crippen molar-refractivity contribution >= 4 is 17.7 Å². The van der Waals surface area contributed by atoms with Crippen LogP contribution in [0.4, 0.5) is 4.39 Å².